The third-order valence-corrected chi connectivity index (χ3v) is 3.39. The van der Waals surface area contributed by atoms with Gasteiger partial charge >= 0.3 is 0 Å². The monoisotopic (exact) mass is 212 g/mol. The van der Waals surface area contributed by atoms with E-state index in [0.29, 0.717) is 0 Å². The van der Waals surface area contributed by atoms with Crippen molar-refractivity contribution in [2.75, 3.05) is 5.73 Å². The Morgan fingerprint density at radius 1 is 1.38 bits per heavy atom. The first kappa shape index (κ1) is 9.52. The van der Waals surface area contributed by atoms with E-state index in [2.05, 4.69) is 35.8 Å². The molecule has 1 heterocycles. The summed E-state index contributed by atoms with van der Waals surface area (Å²) in [5.41, 5.74) is 10.9. The number of fused-ring (bicyclic) bond motifs is 3. The molecule has 2 N–H and O–H groups in total. The van der Waals surface area contributed by atoms with Crippen LogP contribution in [0.3, 0.4) is 0 Å². The van der Waals surface area contributed by atoms with Crippen molar-refractivity contribution in [2.45, 2.75) is 26.3 Å². The van der Waals surface area contributed by atoms with E-state index >= 15 is 0 Å². The third kappa shape index (κ3) is 1.19. The van der Waals surface area contributed by atoms with E-state index in [1.54, 1.807) is 0 Å². The number of allylic oxidation sites excluding steroid dienone is 1. The highest BCUT2D eigenvalue weighted by molar-refractivity contribution is 5.91. The van der Waals surface area contributed by atoms with Gasteiger partial charge in [-0.15, -0.1) is 0 Å². The van der Waals surface area contributed by atoms with Crippen molar-refractivity contribution in [1.82, 2.24) is 4.57 Å². The maximum Gasteiger partial charge on any atom is 0.0489 e. The van der Waals surface area contributed by atoms with Gasteiger partial charge in [-0.25, -0.2) is 0 Å². The van der Waals surface area contributed by atoms with Crippen molar-refractivity contribution in [1.29, 1.82) is 0 Å². The number of benzene rings is 1. The SMILES string of the molecule is CCn1c2c(c3cc(N)ccc31)CCC=C2. The Morgan fingerprint density at radius 3 is 3.06 bits per heavy atom. The van der Waals surface area contributed by atoms with Crippen molar-refractivity contribution in [2.24, 2.45) is 0 Å². The van der Waals surface area contributed by atoms with Crippen LogP contribution < -0.4 is 5.73 Å². The molecule has 1 aromatic carbocycles. The Balaban J connectivity index is 2.42. The smallest absolute Gasteiger partial charge is 0.0489 e. The minimum atomic E-state index is 0.859. The first-order valence-electron chi connectivity index (χ1n) is 5.88. The molecule has 2 heteroatoms. The summed E-state index contributed by atoms with van der Waals surface area (Å²) >= 11 is 0. The van der Waals surface area contributed by atoms with E-state index in [9.17, 15) is 0 Å². The zero-order chi connectivity index (χ0) is 11.1. The van der Waals surface area contributed by atoms with Crippen LogP contribution >= 0.6 is 0 Å². The molecule has 1 aromatic heterocycles. The van der Waals surface area contributed by atoms with Crippen LogP contribution in [0.2, 0.25) is 0 Å². The Labute approximate surface area is 95.4 Å². The zero-order valence-electron chi connectivity index (χ0n) is 9.53. The molecule has 0 bridgehead atoms. The maximum absolute atomic E-state index is 5.88. The Bertz CT molecular complexity index is 576. The highest BCUT2D eigenvalue weighted by atomic mass is 15.0. The lowest BCUT2D eigenvalue weighted by molar-refractivity contribution is 0.778. The molecule has 0 aliphatic heterocycles. The van der Waals surface area contributed by atoms with Gasteiger partial charge in [-0.05, 0) is 49.6 Å². The van der Waals surface area contributed by atoms with Gasteiger partial charge in [0, 0.05) is 28.8 Å². The quantitative estimate of drug-likeness (QED) is 0.723. The number of nitrogens with two attached hydrogens (primary N) is 1. The molecule has 0 atom stereocenters. The average Bonchev–Trinajstić information content (AvgIpc) is 2.62. The van der Waals surface area contributed by atoms with Crippen LogP contribution in [-0.4, -0.2) is 4.57 Å². The number of hydrogen-bond donors (Lipinski definition) is 1. The lowest BCUT2D eigenvalue weighted by Gasteiger charge is -2.08. The molecule has 82 valence electrons. The van der Waals surface area contributed by atoms with Crippen molar-refractivity contribution >= 4 is 22.7 Å². The maximum atomic E-state index is 5.88. The van der Waals surface area contributed by atoms with Gasteiger partial charge < -0.3 is 10.3 Å². The molecule has 0 fully saturated rings. The molecule has 0 saturated heterocycles. The fourth-order valence-electron chi connectivity index (χ4n) is 2.68. The predicted molar refractivity (Wildman–Crippen MR) is 69.4 cm³/mol. The summed E-state index contributed by atoms with van der Waals surface area (Å²) in [7, 11) is 0. The van der Waals surface area contributed by atoms with Crippen LogP contribution in [0.5, 0.6) is 0 Å². The minimum absolute atomic E-state index is 0.859. The summed E-state index contributed by atoms with van der Waals surface area (Å²) in [5, 5.41) is 1.33. The zero-order valence-corrected chi connectivity index (χ0v) is 9.53. The summed E-state index contributed by atoms with van der Waals surface area (Å²) in [6.45, 7) is 3.21. The Hall–Kier alpha value is -1.70. The fourth-order valence-corrected chi connectivity index (χ4v) is 2.68. The normalized spacial score (nSPS) is 14.3. The largest absolute Gasteiger partial charge is 0.399 e. The molecule has 3 rings (SSSR count). The molecule has 0 saturated carbocycles. The Kier molecular flexibility index (Phi) is 2.03. The van der Waals surface area contributed by atoms with Crippen molar-refractivity contribution in [3.05, 3.63) is 35.5 Å². The first-order chi connectivity index (χ1) is 7.81. The molecule has 0 spiro atoms. The number of nitrogen functional groups attached to an aromatic ring is 1. The van der Waals surface area contributed by atoms with Gasteiger partial charge in [-0.3, -0.25) is 0 Å². The highest BCUT2D eigenvalue weighted by Crippen LogP contribution is 2.32. The fraction of sp³-hybridized carbons (Fsp3) is 0.286. The van der Waals surface area contributed by atoms with Crippen LogP contribution in [0, 0.1) is 0 Å². The lowest BCUT2D eigenvalue weighted by atomic mass is 10.0. The summed E-state index contributed by atoms with van der Waals surface area (Å²) < 4.78 is 2.37. The second kappa shape index (κ2) is 3.41. The summed E-state index contributed by atoms with van der Waals surface area (Å²) in [6, 6.07) is 6.24. The van der Waals surface area contributed by atoms with Crippen LogP contribution in [-0.2, 0) is 13.0 Å². The number of rotatable bonds is 1. The van der Waals surface area contributed by atoms with Crippen molar-refractivity contribution in [3.63, 3.8) is 0 Å². The van der Waals surface area contributed by atoms with Crippen LogP contribution in [0.1, 0.15) is 24.6 Å². The molecule has 1 aliphatic rings. The number of anilines is 1. The summed E-state index contributed by atoms with van der Waals surface area (Å²) in [6.07, 6.45) is 6.79. The lowest BCUT2D eigenvalue weighted by Crippen LogP contribution is -1.99. The molecule has 1 aliphatic carbocycles. The number of aryl methyl sites for hydroxylation is 2. The first-order valence-corrected chi connectivity index (χ1v) is 5.88. The predicted octanol–water partition coefficient (Wildman–Crippen LogP) is 3.20. The average molecular weight is 212 g/mol. The molecular formula is C14H16N2. The highest BCUT2D eigenvalue weighted by Gasteiger charge is 2.15. The van der Waals surface area contributed by atoms with Gasteiger partial charge in [0.2, 0.25) is 0 Å². The van der Waals surface area contributed by atoms with E-state index in [4.69, 9.17) is 5.73 Å². The topological polar surface area (TPSA) is 30.9 Å². The van der Waals surface area contributed by atoms with Crippen molar-refractivity contribution in [3.8, 4) is 0 Å². The standard InChI is InChI=1S/C14H16N2/c1-2-16-13-6-4-3-5-11(13)12-9-10(15)7-8-14(12)16/h4,6-9H,2-3,5,15H2,1H3. The molecule has 0 amide bonds. The van der Waals surface area contributed by atoms with Gasteiger partial charge in [0.25, 0.3) is 0 Å². The molecule has 16 heavy (non-hydrogen) atoms. The van der Waals surface area contributed by atoms with Crippen LogP contribution in [0.4, 0.5) is 5.69 Å². The Morgan fingerprint density at radius 2 is 2.25 bits per heavy atom. The molecule has 2 nitrogen and oxygen atoms in total. The molecule has 0 radical (unpaired) electrons. The molecular weight excluding hydrogens is 196 g/mol. The molecule has 0 unspecified atom stereocenters. The van der Waals surface area contributed by atoms with Gasteiger partial charge in [0.05, 0.1) is 0 Å². The second-order valence-corrected chi connectivity index (χ2v) is 4.33. The summed E-state index contributed by atoms with van der Waals surface area (Å²) in [4.78, 5) is 0. The number of hydrogen-bond acceptors (Lipinski definition) is 1. The minimum Gasteiger partial charge on any atom is -0.399 e. The van der Waals surface area contributed by atoms with Crippen molar-refractivity contribution < 1.29 is 0 Å². The second-order valence-electron chi connectivity index (χ2n) is 4.33. The van der Waals surface area contributed by atoms with Crippen LogP contribution in [0.15, 0.2) is 24.3 Å². The van der Waals surface area contributed by atoms with Gasteiger partial charge in [-0.2, -0.15) is 0 Å². The van der Waals surface area contributed by atoms with Gasteiger partial charge in [0.1, 0.15) is 0 Å². The third-order valence-electron chi connectivity index (χ3n) is 3.39. The van der Waals surface area contributed by atoms with E-state index in [0.717, 1.165) is 25.1 Å². The number of aromatic nitrogens is 1. The van der Waals surface area contributed by atoms with E-state index in [1.807, 2.05) is 6.07 Å². The van der Waals surface area contributed by atoms with Gasteiger partial charge in [-0.1, -0.05) is 6.08 Å². The number of nitrogens with zero attached hydrogens (tertiary/aromatic N) is 1. The molecule has 2 aromatic rings. The summed E-state index contributed by atoms with van der Waals surface area (Å²) in [5.74, 6) is 0. The van der Waals surface area contributed by atoms with Crippen LogP contribution in [0.25, 0.3) is 17.0 Å². The van der Waals surface area contributed by atoms with E-state index < -0.39 is 0 Å². The van der Waals surface area contributed by atoms with E-state index in [-0.39, 0.29) is 0 Å². The van der Waals surface area contributed by atoms with E-state index in [1.165, 1.54) is 22.2 Å². The van der Waals surface area contributed by atoms with Gasteiger partial charge in [0.15, 0.2) is 0 Å².